The Morgan fingerprint density at radius 2 is 2.05 bits per heavy atom. The second kappa shape index (κ2) is 6.73. The number of hydrogen-bond donors (Lipinski definition) is 2. The fraction of sp³-hybridized carbons (Fsp3) is 0.562. The predicted octanol–water partition coefficient (Wildman–Crippen LogP) is 3.35. The van der Waals surface area contributed by atoms with Gasteiger partial charge in [0.05, 0.1) is 5.56 Å². The number of nitrogen functional groups attached to an aromatic ring is 1. The van der Waals surface area contributed by atoms with Crippen LogP contribution < -0.4 is 11.1 Å². The molecule has 1 saturated carbocycles. The predicted molar refractivity (Wildman–Crippen MR) is 78.9 cm³/mol. The summed E-state index contributed by atoms with van der Waals surface area (Å²) in [4.78, 5) is 12.0. The second-order valence-corrected chi connectivity index (χ2v) is 5.90. The summed E-state index contributed by atoms with van der Waals surface area (Å²) in [6.07, 6.45) is 6.12. The Labute approximate surface area is 119 Å². The molecule has 1 aliphatic carbocycles. The van der Waals surface area contributed by atoms with Crippen molar-refractivity contribution in [2.75, 3.05) is 12.3 Å². The van der Waals surface area contributed by atoms with E-state index in [0.29, 0.717) is 12.1 Å². The highest BCUT2D eigenvalue weighted by Gasteiger charge is 2.18. The maximum absolute atomic E-state index is 12.9. The third-order valence-corrected chi connectivity index (χ3v) is 4.23. The molecule has 2 rings (SSSR count). The Balaban J connectivity index is 1.77. The first-order valence-electron chi connectivity index (χ1n) is 7.39. The van der Waals surface area contributed by atoms with Gasteiger partial charge in [-0.2, -0.15) is 0 Å². The lowest BCUT2D eigenvalue weighted by Gasteiger charge is -2.26. The van der Waals surface area contributed by atoms with Gasteiger partial charge in [-0.05, 0) is 36.5 Å². The lowest BCUT2D eigenvalue weighted by Crippen LogP contribution is -2.27. The average Bonchev–Trinajstić information content (AvgIpc) is 2.41. The zero-order chi connectivity index (χ0) is 14.5. The molecule has 0 spiro atoms. The molecule has 110 valence electrons. The van der Waals surface area contributed by atoms with Gasteiger partial charge in [0.25, 0.3) is 5.91 Å². The number of anilines is 1. The molecule has 0 radical (unpaired) electrons. The van der Waals surface area contributed by atoms with E-state index in [1.165, 1.54) is 43.9 Å². The number of amides is 1. The van der Waals surface area contributed by atoms with Crippen molar-refractivity contribution in [3.63, 3.8) is 0 Å². The van der Waals surface area contributed by atoms with E-state index in [0.717, 1.165) is 18.3 Å². The Morgan fingerprint density at radius 3 is 2.70 bits per heavy atom. The van der Waals surface area contributed by atoms with Crippen LogP contribution in [0.3, 0.4) is 0 Å². The summed E-state index contributed by atoms with van der Waals surface area (Å²) < 4.78 is 12.9. The molecule has 0 heterocycles. The number of carbonyl (C=O) groups excluding carboxylic acids is 1. The van der Waals surface area contributed by atoms with Crippen molar-refractivity contribution in [1.82, 2.24) is 5.32 Å². The first kappa shape index (κ1) is 14.8. The standard InChI is InChI=1S/C16H23FN2O/c1-11-2-4-12(5-3-11)8-9-19-16(20)14-7-6-13(17)10-15(14)18/h6-7,10-12H,2-5,8-9,18H2,1H3,(H,19,20). The normalized spacial score (nSPS) is 22.5. The van der Waals surface area contributed by atoms with Crippen molar-refractivity contribution in [2.45, 2.75) is 39.0 Å². The van der Waals surface area contributed by atoms with Crippen LogP contribution in [-0.4, -0.2) is 12.5 Å². The monoisotopic (exact) mass is 278 g/mol. The first-order valence-corrected chi connectivity index (χ1v) is 7.39. The largest absolute Gasteiger partial charge is 0.398 e. The van der Waals surface area contributed by atoms with Crippen LogP contribution in [0.4, 0.5) is 10.1 Å². The number of hydrogen-bond acceptors (Lipinski definition) is 2. The van der Waals surface area contributed by atoms with Crippen molar-refractivity contribution in [1.29, 1.82) is 0 Å². The molecule has 1 aromatic carbocycles. The van der Waals surface area contributed by atoms with Crippen molar-refractivity contribution < 1.29 is 9.18 Å². The van der Waals surface area contributed by atoms with E-state index in [2.05, 4.69) is 12.2 Å². The van der Waals surface area contributed by atoms with Crippen LogP contribution >= 0.6 is 0 Å². The maximum Gasteiger partial charge on any atom is 0.253 e. The minimum Gasteiger partial charge on any atom is -0.398 e. The van der Waals surface area contributed by atoms with Crippen molar-refractivity contribution in [2.24, 2.45) is 11.8 Å². The van der Waals surface area contributed by atoms with Crippen LogP contribution in [0.1, 0.15) is 49.4 Å². The molecule has 0 unspecified atom stereocenters. The van der Waals surface area contributed by atoms with Gasteiger partial charge >= 0.3 is 0 Å². The zero-order valence-corrected chi connectivity index (χ0v) is 12.0. The van der Waals surface area contributed by atoms with Gasteiger partial charge in [-0.15, -0.1) is 0 Å². The van der Waals surface area contributed by atoms with Crippen LogP contribution in [0, 0.1) is 17.7 Å². The molecule has 0 atom stereocenters. The first-order chi connectivity index (χ1) is 9.56. The van der Waals surface area contributed by atoms with Gasteiger partial charge in [-0.25, -0.2) is 4.39 Å². The summed E-state index contributed by atoms with van der Waals surface area (Å²) in [6.45, 7) is 2.96. The number of nitrogens with one attached hydrogen (secondary N) is 1. The maximum atomic E-state index is 12.9. The zero-order valence-electron chi connectivity index (χ0n) is 12.0. The van der Waals surface area contributed by atoms with Crippen molar-refractivity contribution in [3.05, 3.63) is 29.6 Å². The van der Waals surface area contributed by atoms with Crippen LogP contribution in [0.15, 0.2) is 18.2 Å². The molecular weight excluding hydrogens is 255 g/mol. The minimum atomic E-state index is -0.421. The molecule has 0 saturated heterocycles. The molecule has 1 aromatic rings. The molecule has 3 N–H and O–H groups in total. The number of nitrogens with two attached hydrogens (primary N) is 1. The van der Waals surface area contributed by atoms with Crippen LogP contribution in [-0.2, 0) is 0 Å². The molecule has 3 nitrogen and oxygen atoms in total. The second-order valence-electron chi connectivity index (χ2n) is 5.90. The number of carbonyl (C=O) groups is 1. The lowest BCUT2D eigenvalue weighted by atomic mass is 9.81. The van der Waals surface area contributed by atoms with Crippen LogP contribution in [0.5, 0.6) is 0 Å². The SMILES string of the molecule is CC1CCC(CCNC(=O)c2ccc(F)cc2N)CC1. The lowest BCUT2D eigenvalue weighted by molar-refractivity contribution is 0.0950. The molecule has 4 heteroatoms. The molecule has 1 aliphatic rings. The minimum absolute atomic E-state index is 0.189. The van der Waals surface area contributed by atoms with Gasteiger partial charge in [0.1, 0.15) is 5.82 Å². The van der Waals surface area contributed by atoms with Crippen LogP contribution in [0.2, 0.25) is 0 Å². The smallest absolute Gasteiger partial charge is 0.253 e. The Morgan fingerprint density at radius 1 is 1.35 bits per heavy atom. The molecular formula is C16H23FN2O. The van der Waals surface area contributed by atoms with E-state index < -0.39 is 5.82 Å². The summed E-state index contributed by atoms with van der Waals surface area (Å²) in [5, 5.41) is 2.88. The average molecular weight is 278 g/mol. The summed E-state index contributed by atoms with van der Waals surface area (Å²) in [7, 11) is 0. The molecule has 1 fully saturated rings. The number of rotatable bonds is 4. The Hall–Kier alpha value is -1.58. The molecule has 0 aliphatic heterocycles. The highest BCUT2D eigenvalue weighted by molar-refractivity contribution is 5.99. The molecule has 0 aromatic heterocycles. The van der Waals surface area contributed by atoms with Gasteiger partial charge < -0.3 is 11.1 Å². The van der Waals surface area contributed by atoms with Gasteiger partial charge in [-0.1, -0.05) is 32.6 Å². The molecule has 20 heavy (non-hydrogen) atoms. The quantitative estimate of drug-likeness (QED) is 0.830. The van der Waals surface area contributed by atoms with E-state index in [1.54, 1.807) is 0 Å². The fourth-order valence-electron chi connectivity index (χ4n) is 2.84. The fourth-order valence-corrected chi connectivity index (χ4v) is 2.84. The Bertz CT molecular complexity index is 468. The summed E-state index contributed by atoms with van der Waals surface area (Å²) in [5.74, 6) is 0.930. The summed E-state index contributed by atoms with van der Waals surface area (Å²) in [5.41, 5.74) is 6.19. The van der Waals surface area contributed by atoms with Crippen molar-refractivity contribution >= 4 is 11.6 Å². The van der Waals surface area contributed by atoms with E-state index in [-0.39, 0.29) is 11.6 Å². The molecule has 1 amide bonds. The van der Waals surface area contributed by atoms with Gasteiger partial charge in [-0.3, -0.25) is 4.79 Å². The van der Waals surface area contributed by atoms with Gasteiger partial charge in [0.2, 0.25) is 0 Å². The van der Waals surface area contributed by atoms with Gasteiger partial charge in [0, 0.05) is 12.2 Å². The van der Waals surface area contributed by atoms with E-state index in [1.807, 2.05) is 0 Å². The molecule has 0 bridgehead atoms. The van der Waals surface area contributed by atoms with E-state index >= 15 is 0 Å². The van der Waals surface area contributed by atoms with Gasteiger partial charge in [0.15, 0.2) is 0 Å². The van der Waals surface area contributed by atoms with Crippen LogP contribution in [0.25, 0.3) is 0 Å². The number of halogens is 1. The van der Waals surface area contributed by atoms with Crippen molar-refractivity contribution in [3.8, 4) is 0 Å². The van der Waals surface area contributed by atoms with E-state index in [4.69, 9.17) is 5.73 Å². The topological polar surface area (TPSA) is 55.1 Å². The Kier molecular flexibility index (Phi) is 4.99. The highest BCUT2D eigenvalue weighted by Crippen LogP contribution is 2.29. The third-order valence-electron chi connectivity index (χ3n) is 4.23. The number of benzene rings is 1. The summed E-state index contributed by atoms with van der Waals surface area (Å²) in [6, 6.07) is 3.87. The third kappa shape index (κ3) is 3.95. The highest BCUT2D eigenvalue weighted by atomic mass is 19.1. The van der Waals surface area contributed by atoms with E-state index in [9.17, 15) is 9.18 Å². The summed E-state index contributed by atoms with van der Waals surface area (Å²) >= 11 is 0.